The van der Waals surface area contributed by atoms with E-state index in [4.69, 9.17) is 0 Å². The number of rotatable bonds is 7. The van der Waals surface area contributed by atoms with Gasteiger partial charge < -0.3 is 10.2 Å². The molecule has 1 atom stereocenters. The Balaban J connectivity index is 1.86. The lowest BCUT2D eigenvalue weighted by atomic mass is 10.0. The number of hydrogen-bond donors (Lipinski definition) is 1. The average Bonchev–Trinajstić information content (AvgIpc) is 3.00. The summed E-state index contributed by atoms with van der Waals surface area (Å²) in [6, 6.07) is 8.58. The second-order valence-electron chi connectivity index (χ2n) is 5.19. The standard InChI is InChI=1S/C15H20N4OS2/c1-11-4-6-12(7-5-11)13(19(2)3)8-16-14(20)9-21-15-18-17-10-22-15/h4-7,10,13H,8-9H2,1-3H3,(H,16,20)/t13-/m1/s1. The second-order valence-corrected chi connectivity index (χ2v) is 7.24. The van der Waals surface area contributed by atoms with Gasteiger partial charge in [0.05, 0.1) is 11.8 Å². The van der Waals surface area contributed by atoms with E-state index in [0.29, 0.717) is 12.3 Å². The molecule has 2 aromatic rings. The number of nitrogens with one attached hydrogen (secondary N) is 1. The fraction of sp³-hybridized carbons (Fsp3) is 0.400. The highest BCUT2D eigenvalue weighted by molar-refractivity contribution is 8.01. The molecular weight excluding hydrogens is 316 g/mol. The Labute approximate surface area is 139 Å². The van der Waals surface area contributed by atoms with Gasteiger partial charge in [0.25, 0.3) is 0 Å². The van der Waals surface area contributed by atoms with Crippen LogP contribution in [0.1, 0.15) is 17.2 Å². The molecule has 0 aliphatic rings. The molecule has 22 heavy (non-hydrogen) atoms. The van der Waals surface area contributed by atoms with E-state index in [1.807, 2.05) is 14.1 Å². The van der Waals surface area contributed by atoms with Crippen LogP contribution in [0.15, 0.2) is 34.1 Å². The Morgan fingerprint density at radius 3 is 2.68 bits per heavy atom. The molecule has 0 saturated carbocycles. The minimum absolute atomic E-state index is 0.0131. The molecule has 5 nitrogen and oxygen atoms in total. The van der Waals surface area contributed by atoms with Crippen molar-refractivity contribution in [1.29, 1.82) is 0 Å². The number of aryl methyl sites for hydroxylation is 1. The average molecular weight is 336 g/mol. The molecule has 0 bridgehead atoms. The molecule has 118 valence electrons. The minimum atomic E-state index is 0.0131. The highest BCUT2D eigenvalue weighted by Crippen LogP contribution is 2.19. The van der Waals surface area contributed by atoms with Crippen molar-refractivity contribution in [3.05, 3.63) is 40.9 Å². The van der Waals surface area contributed by atoms with Crippen molar-refractivity contribution >= 4 is 29.0 Å². The quantitative estimate of drug-likeness (QED) is 0.787. The number of aromatic nitrogens is 2. The number of carbonyl (C=O) groups excluding carboxylic acids is 1. The number of carbonyl (C=O) groups is 1. The third-order valence-corrected chi connectivity index (χ3v) is 5.11. The molecule has 2 rings (SSSR count). The second kappa shape index (κ2) is 8.26. The minimum Gasteiger partial charge on any atom is -0.353 e. The number of amides is 1. The van der Waals surface area contributed by atoms with Gasteiger partial charge >= 0.3 is 0 Å². The summed E-state index contributed by atoms with van der Waals surface area (Å²) in [5.74, 6) is 0.377. The van der Waals surface area contributed by atoms with Crippen molar-refractivity contribution in [2.75, 3.05) is 26.4 Å². The highest BCUT2D eigenvalue weighted by atomic mass is 32.2. The van der Waals surface area contributed by atoms with Crippen molar-refractivity contribution in [3.63, 3.8) is 0 Å². The first kappa shape index (κ1) is 16.9. The van der Waals surface area contributed by atoms with E-state index >= 15 is 0 Å². The van der Waals surface area contributed by atoms with Gasteiger partial charge in [0.2, 0.25) is 5.91 Å². The fourth-order valence-electron chi connectivity index (χ4n) is 2.00. The summed E-state index contributed by atoms with van der Waals surface area (Å²) >= 11 is 2.86. The number of benzene rings is 1. The molecule has 0 spiro atoms. The SMILES string of the molecule is Cc1ccc([C@@H](CNC(=O)CSc2nncs2)N(C)C)cc1. The molecule has 1 aromatic heterocycles. The van der Waals surface area contributed by atoms with Crippen molar-refractivity contribution in [2.45, 2.75) is 17.3 Å². The molecule has 7 heteroatoms. The summed E-state index contributed by atoms with van der Waals surface area (Å²) in [6.07, 6.45) is 0. The predicted octanol–water partition coefficient (Wildman–Crippen LogP) is 2.36. The lowest BCUT2D eigenvalue weighted by molar-refractivity contribution is -0.118. The zero-order valence-corrected chi connectivity index (χ0v) is 14.6. The number of hydrogen-bond acceptors (Lipinski definition) is 6. The van der Waals surface area contributed by atoms with Crippen LogP contribution in [-0.4, -0.2) is 47.4 Å². The van der Waals surface area contributed by atoms with Crippen LogP contribution in [0.25, 0.3) is 0 Å². The number of thioether (sulfide) groups is 1. The molecular formula is C15H20N4OS2. The first-order valence-electron chi connectivity index (χ1n) is 6.95. The molecule has 0 aliphatic heterocycles. The third kappa shape index (κ3) is 5.08. The zero-order valence-electron chi connectivity index (χ0n) is 12.9. The summed E-state index contributed by atoms with van der Waals surface area (Å²) in [7, 11) is 4.04. The fourth-order valence-corrected chi connectivity index (χ4v) is 3.32. The maximum absolute atomic E-state index is 12.0. The van der Waals surface area contributed by atoms with Crippen LogP contribution in [0.4, 0.5) is 0 Å². The Morgan fingerprint density at radius 2 is 2.09 bits per heavy atom. The van der Waals surface area contributed by atoms with Crippen LogP contribution >= 0.6 is 23.1 Å². The van der Waals surface area contributed by atoms with Crippen molar-refractivity contribution in [3.8, 4) is 0 Å². The summed E-state index contributed by atoms with van der Waals surface area (Å²) in [6.45, 7) is 2.66. The normalized spacial score (nSPS) is 12.4. The summed E-state index contributed by atoms with van der Waals surface area (Å²) < 4.78 is 0.817. The van der Waals surface area contributed by atoms with Gasteiger partial charge in [-0.1, -0.05) is 52.9 Å². The van der Waals surface area contributed by atoms with Crippen LogP contribution in [0.3, 0.4) is 0 Å². The van der Waals surface area contributed by atoms with Gasteiger partial charge in [0.15, 0.2) is 4.34 Å². The van der Waals surface area contributed by atoms with Gasteiger partial charge in [-0.25, -0.2) is 0 Å². The van der Waals surface area contributed by atoms with E-state index < -0.39 is 0 Å². The Bertz CT molecular complexity index is 584. The Morgan fingerprint density at radius 1 is 1.36 bits per heavy atom. The van der Waals surface area contributed by atoms with Crippen LogP contribution in [-0.2, 0) is 4.79 Å². The van der Waals surface area contributed by atoms with Crippen LogP contribution in [0.2, 0.25) is 0 Å². The lowest BCUT2D eigenvalue weighted by Gasteiger charge is -2.25. The maximum Gasteiger partial charge on any atom is 0.230 e. The Kier molecular flexibility index (Phi) is 6.35. The number of nitrogens with zero attached hydrogens (tertiary/aromatic N) is 3. The molecule has 0 radical (unpaired) electrons. The van der Waals surface area contributed by atoms with Crippen LogP contribution < -0.4 is 5.32 Å². The zero-order chi connectivity index (χ0) is 15.9. The number of likely N-dealkylation sites (N-methyl/N-ethyl adjacent to an activating group) is 1. The summed E-state index contributed by atoms with van der Waals surface area (Å²) in [4.78, 5) is 14.1. The van der Waals surface area contributed by atoms with Gasteiger partial charge in [0, 0.05) is 6.54 Å². The molecule has 1 aromatic carbocycles. The molecule has 0 aliphatic carbocycles. The van der Waals surface area contributed by atoms with E-state index in [-0.39, 0.29) is 11.9 Å². The van der Waals surface area contributed by atoms with Crippen LogP contribution in [0, 0.1) is 6.92 Å². The van der Waals surface area contributed by atoms with E-state index in [0.717, 1.165) is 4.34 Å². The molecule has 1 heterocycles. The van der Waals surface area contributed by atoms with Crippen molar-refractivity contribution in [1.82, 2.24) is 20.4 Å². The van der Waals surface area contributed by atoms with E-state index in [9.17, 15) is 4.79 Å². The first-order chi connectivity index (χ1) is 10.6. The maximum atomic E-state index is 12.0. The summed E-state index contributed by atoms with van der Waals surface area (Å²) in [5, 5.41) is 10.7. The van der Waals surface area contributed by atoms with Crippen molar-refractivity contribution in [2.24, 2.45) is 0 Å². The van der Waals surface area contributed by atoms with Gasteiger partial charge in [-0.15, -0.1) is 10.2 Å². The third-order valence-electron chi connectivity index (χ3n) is 3.24. The van der Waals surface area contributed by atoms with E-state index in [1.54, 1.807) is 5.51 Å². The monoisotopic (exact) mass is 336 g/mol. The smallest absolute Gasteiger partial charge is 0.230 e. The van der Waals surface area contributed by atoms with E-state index in [2.05, 4.69) is 51.6 Å². The summed E-state index contributed by atoms with van der Waals surface area (Å²) in [5.41, 5.74) is 4.10. The van der Waals surface area contributed by atoms with Crippen LogP contribution in [0.5, 0.6) is 0 Å². The molecule has 1 N–H and O–H groups in total. The lowest BCUT2D eigenvalue weighted by Crippen LogP contribution is -2.35. The van der Waals surface area contributed by atoms with Gasteiger partial charge in [-0.2, -0.15) is 0 Å². The molecule has 0 fully saturated rings. The molecule has 0 unspecified atom stereocenters. The van der Waals surface area contributed by atoms with Crippen molar-refractivity contribution < 1.29 is 4.79 Å². The molecule has 0 saturated heterocycles. The van der Waals surface area contributed by atoms with Gasteiger partial charge in [0.1, 0.15) is 5.51 Å². The Hall–Kier alpha value is -1.44. The van der Waals surface area contributed by atoms with E-state index in [1.165, 1.54) is 34.2 Å². The first-order valence-corrected chi connectivity index (χ1v) is 8.81. The largest absolute Gasteiger partial charge is 0.353 e. The predicted molar refractivity (Wildman–Crippen MR) is 91.2 cm³/mol. The van der Waals surface area contributed by atoms with Gasteiger partial charge in [-0.3, -0.25) is 4.79 Å². The highest BCUT2D eigenvalue weighted by Gasteiger charge is 2.15. The van der Waals surface area contributed by atoms with Gasteiger partial charge in [-0.05, 0) is 26.6 Å². The topological polar surface area (TPSA) is 58.1 Å². The molecule has 1 amide bonds.